The first-order valence-electron chi connectivity index (χ1n) is 10.5. The maximum Gasteiger partial charge on any atom is 0.367 e. The van der Waals surface area contributed by atoms with E-state index in [2.05, 4.69) is 39.8 Å². The maximum atomic E-state index is 15.0. The Morgan fingerprint density at radius 1 is 1.04 bits per heavy atom. The first-order valence-corrected chi connectivity index (χ1v) is 10.5. The van der Waals surface area contributed by atoms with E-state index in [0.29, 0.717) is 29.9 Å². The van der Waals surface area contributed by atoms with E-state index in [1.165, 1.54) is 11.1 Å². The van der Waals surface area contributed by atoms with Crippen molar-refractivity contribution in [1.82, 2.24) is 0 Å². The van der Waals surface area contributed by atoms with Gasteiger partial charge in [-0.25, -0.2) is 4.79 Å². The maximum absolute atomic E-state index is 15.0. The number of carbonyl (C=O) groups excluding carboxylic acids is 1. The quantitative estimate of drug-likeness (QED) is 0.395. The van der Waals surface area contributed by atoms with Crippen LogP contribution in [0.3, 0.4) is 0 Å². The highest BCUT2D eigenvalue weighted by atomic mass is 19.1. The predicted molar refractivity (Wildman–Crippen MR) is 112 cm³/mol. The van der Waals surface area contributed by atoms with Crippen molar-refractivity contribution < 1.29 is 18.7 Å². The summed E-state index contributed by atoms with van der Waals surface area (Å²) < 4.78 is 25.9. The van der Waals surface area contributed by atoms with Gasteiger partial charge in [0.15, 0.2) is 0 Å². The molecule has 2 rings (SSSR count). The zero-order valence-corrected chi connectivity index (χ0v) is 18.5. The molecule has 1 aromatic rings. The van der Waals surface area contributed by atoms with E-state index in [1.54, 1.807) is 6.92 Å². The van der Waals surface area contributed by atoms with Gasteiger partial charge in [0.25, 0.3) is 0 Å². The van der Waals surface area contributed by atoms with Crippen molar-refractivity contribution in [2.75, 3.05) is 13.2 Å². The van der Waals surface area contributed by atoms with Crippen LogP contribution in [0.5, 0.6) is 5.75 Å². The fraction of sp³-hybridized carbons (Fsp3) is 0.625. The molecule has 0 amide bonds. The lowest BCUT2D eigenvalue weighted by Gasteiger charge is -2.42. The number of ether oxygens (including phenoxy) is 2. The molecule has 0 aliphatic heterocycles. The molecule has 0 aromatic heterocycles. The van der Waals surface area contributed by atoms with Crippen LogP contribution in [-0.4, -0.2) is 19.2 Å². The average molecular weight is 391 g/mol. The molecule has 0 spiro atoms. The average Bonchev–Trinajstić information content (AvgIpc) is 2.64. The number of allylic oxidation sites excluding steroid dienone is 1. The number of carbonyl (C=O) groups is 1. The molecule has 156 valence electrons. The molecule has 0 N–H and O–H groups in total. The predicted octanol–water partition coefficient (Wildman–Crippen LogP) is 6.48. The number of benzene rings is 1. The number of hydrogen-bond donors (Lipinski definition) is 0. The summed E-state index contributed by atoms with van der Waals surface area (Å²) in [6, 6.07) is 4.13. The van der Waals surface area contributed by atoms with Crippen LogP contribution in [0.25, 0.3) is 5.57 Å². The zero-order chi connectivity index (χ0) is 21.1. The Labute approximate surface area is 169 Å². The van der Waals surface area contributed by atoms with Crippen LogP contribution in [0.1, 0.15) is 90.8 Å². The lowest BCUT2D eigenvalue weighted by molar-refractivity contribution is -0.140. The van der Waals surface area contributed by atoms with Gasteiger partial charge in [0.1, 0.15) is 5.75 Å². The summed E-state index contributed by atoms with van der Waals surface area (Å²) in [4.78, 5) is 12.1. The molecule has 0 atom stereocenters. The van der Waals surface area contributed by atoms with E-state index in [9.17, 15) is 9.18 Å². The van der Waals surface area contributed by atoms with Crippen LogP contribution in [0, 0.1) is 0 Å². The Hall–Kier alpha value is -1.84. The van der Waals surface area contributed by atoms with Crippen molar-refractivity contribution >= 4 is 11.5 Å². The molecule has 1 aliphatic rings. The van der Waals surface area contributed by atoms with Gasteiger partial charge in [0.05, 0.1) is 13.2 Å². The first kappa shape index (κ1) is 22.4. The topological polar surface area (TPSA) is 35.5 Å². The number of halogens is 1. The molecule has 0 saturated heterocycles. The first-order chi connectivity index (χ1) is 13.1. The van der Waals surface area contributed by atoms with E-state index in [0.717, 1.165) is 19.3 Å². The minimum absolute atomic E-state index is 0.0118. The monoisotopic (exact) mass is 390 g/mol. The molecule has 0 fully saturated rings. The minimum atomic E-state index is -0.905. The zero-order valence-electron chi connectivity index (χ0n) is 18.5. The Morgan fingerprint density at radius 2 is 1.61 bits per heavy atom. The van der Waals surface area contributed by atoms with Crippen LogP contribution < -0.4 is 4.74 Å². The summed E-state index contributed by atoms with van der Waals surface area (Å²) in [5.41, 5.74) is 3.51. The Bertz CT molecular complexity index is 759. The highest BCUT2D eigenvalue weighted by Crippen LogP contribution is 2.49. The number of esters is 1. The van der Waals surface area contributed by atoms with Crippen LogP contribution in [0.15, 0.2) is 18.0 Å². The standard InChI is InChI=1S/C24H35FO3/c1-8-13-28-20-15-19-18(23(4,5)11-12-24(19,6)7)14-17(20)16(9-2)21(25)22(26)27-10-3/h14-15H,8-13H2,1-7H3/b21-16+. The van der Waals surface area contributed by atoms with Crippen molar-refractivity contribution in [2.45, 2.75) is 85.0 Å². The van der Waals surface area contributed by atoms with Gasteiger partial charge in [-0.2, -0.15) is 4.39 Å². The summed E-state index contributed by atoms with van der Waals surface area (Å²) in [5.74, 6) is -1.07. The van der Waals surface area contributed by atoms with Crippen molar-refractivity contribution in [1.29, 1.82) is 0 Å². The van der Waals surface area contributed by atoms with E-state index in [4.69, 9.17) is 9.47 Å². The summed E-state index contributed by atoms with van der Waals surface area (Å²) in [6.45, 7) is 15.2. The molecule has 1 aliphatic carbocycles. The molecule has 3 nitrogen and oxygen atoms in total. The second-order valence-corrected chi connectivity index (χ2v) is 8.88. The molecular weight excluding hydrogens is 355 g/mol. The molecule has 1 aromatic carbocycles. The second kappa shape index (κ2) is 8.67. The molecular formula is C24H35FO3. The lowest BCUT2D eigenvalue weighted by atomic mass is 9.62. The smallest absolute Gasteiger partial charge is 0.367 e. The SMILES string of the molecule is CCCOc1cc2c(cc1/C(CC)=C(/F)C(=O)OCC)C(C)(C)CCC2(C)C. The van der Waals surface area contributed by atoms with Gasteiger partial charge < -0.3 is 9.47 Å². The largest absolute Gasteiger partial charge is 0.493 e. The molecule has 4 heteroatoms. The van der Waals surface area contributed by atoms with Crippen molar-refractivity contribution in [2.24, 2.45) is 0 Å². The molecule has 0 heterocycles. The van der Waals surface area contributed by atoms with Gasteiger partial charge in [0, 0.05) is 11.1 Å². The summed E-state index contributed by atoms with van der Waals surface area (Å²) in [5, 5.41) is 0. The highest BCUT2D eigenvalue weighted by Gasteiger charge is 2.38. The van der Waals surface area contributed by atoms with E-state index in [-0.39, 0.29) is 17.4 Å². The molecule has 0 radical (unpaired) electrons. The second-order valence-electron chi connectivity index (χ2n) is 8.88. The van der Waals surface area contributed by atoms with Crippen molar-refractivity contribution in [3.05, 3.63) is 34.6 Å². The van der Waals surface area contributed by atoms with Crippen LogP contribution in [0.2, 0.25) is 0 Å². The number of rotatable bonds is 7. The van der Waals surface area contributed by atoms with Crippen LogP contribution in [-0.2, 0) is 20.4 Å². The fourth-order valence-electron chi connectivity index (χ4n) is 3.94. The Morgan fingerprint density at radius 3 is 2.11 bits per heavy atom. The summed E-state index contributed by atoms with van der Waals surface area (Å²) in [6.07, 6.45) is 3.40. The highest BCUT2D eigenvalue weighted by molar-refractivity contribution is 5.96. The summed E-state index contributed by atoms with van der Waals surface area (Å²) >= 11 is 0. The Kier molecular flexibility index (Phi) is 6.95. The third-order valence-electron chi connectivity index (χ3n) is 5.81. The van der Waals surface area contributed by atoms with Gasteiger partial charge in [-0.15, -0.1) is 0 Å². The molecule has 0 saturated carbocycles. The van der Waals surface area contributed by atoms with E-state index in [1.807, 2.05) is 13.8 Å². The third-order valence-corrected chi connectivity index (χ3v) is 5.81. The van der Waals surface area contributed by atoms with Crippen molar-refractivity contribution in [3.8, 4) is 5.75 Å². The fourth-order valence-corrected chi connectivity index (χ4v) is 3.94. The van der Waals surface area contributed by atoms with Crippen molar-refractivity contribution in [3.63, 3.8) is 0 Å². The van der Waals surface area contributed by atoms with Gasteiger partial charge in [-0.3, -0.25) is 0 Å². The number of fused-ring (bicyclic) bond motifs is 1. The van der Waals surface area contributed by atoms with E-state index < -0.39 is 11.8 Å². The minimum Gasteiger partial charge on any atom is -0.493 e. The Balaban J connectivity index is 2.74. The van der Waals surface area contributed by atoms with Crippen LogP contribution in [0.4, 0.5) is 4.39 Å². The van der Waals surface area contributed by atoms with Gasteiger partial charge in [-0.05, 0) is 66.7 Å². The normalized spacial score (nSPS) is 18.1. The lowest BCUT2D eigenvalue weighted by Crippen LogP contribution is -2.34. The van der Waals surface area contributed by atoms with Crippen LogP contribution >= 0.6 is 0 Å². The third kappa shape index (κ3) is 4.42. The summed E-state index contributed by atoms with van der Waals surface area (Å²) in [7, 11) is 0. The number of hydrogen-bond acceptors (Lipinski definition) is 3. The van der Waals surface area contributed by atoms with Gasteiger partial charge >= 0.3 is 5.97 Å². The van der Waals surface area contributed by atoms with Gasteiger partial charge in [0.2, 0.25) is 5.83 Å². The van der Waals surface area contributed by atoms with E-state index >= 15 is 0 Å². The molecule has 0 unspecified atom stereocenters. The molecule has 0 bridgehead atoms. The van der Waals surface area contributed by atoms with Gasteiger partial charge in [-0.1, -0.05) is 41.5 Å². The molecule has 28 heavy (non-hydrogen) atoms.